The zero-order valence-corrected chi connectivity index (χ0v) is 17.4. The van der Waals surface area contributed by atoms with Crippen LogP contribution in [-0.2, 0) is 34.0 Å². The first-order chi connectivity index (χ1) is 15.3. The molecule has 1 heterocycles. The van der Waals surface area contributed by atoms with E-state index in [2.05, 4.69) is 0 Å². The average molecular weight is 418 g/mol. The number of nitrogens with zero attached hydrogens (tertiary/aromatic N) is 1. The predicted molar refractivity (Wildman–Crippen MR) is 120 cm³/mol. The maximum atomic E-state index is 12.7. The second-order valence-corrected chi connectivity index (χ2v) is 7.60. The number of hydrogen-bond donors (Lipinski definition) is 0. The molecule has 2 unspecified atom stereocenters. The number of hydrogen-bond acceptors (Lipinski definition) is 4. The number of ether oxygens (including phenoxy) is 3. The van der Waals surface area contributed by atoms with Crippen molar-refractivity contribution >= 4 is 6.21 Å². The maximum absolute atomic E-state index is 12.7. The molecule has 3 aromatic carbocycles. The molecule has 0 N–H and O–H groups in total. The van der Waals surface area contributed by atoms with Crippen molar-refractivity contribution in [1.29, 1.82) is 0 Å². The van der Waals surface area contributed by atoms with Crippen molar-refractivity contribution < 1.29 is 18.9 Å². The Balaban J connectivity index is 1.40. The van der Waals surface area contributed by atoms with Crippen LogP contribution in [0.4, 0.5) is 0 Å². The van der Waals surface area contributed by atoms with Gasteiger partial charge in [-0.15, -0.1) is 0 Å². The molecule has 1 aliphatic rings. The molecule has 0 spiro atoms. The van der Waals surface area contributed by atoms with Crippen molar-refractivity contribution in [2.45, 2.75) is 38.1 Å². The van der Waals surface area contributed by atoms with Gasteiger partial charge >= 0.3 is 0 Å². The summed E-state index contributed by atoms with van der Waals surface area (Å²) in [5, 5.41) is 12.7. The summed E-state index contributed by atoms with van der Waals surface area (Å²) in [5.74, 6) is 0. The van der Waals surface area contributed by atoms with E-state index in [1.807, 2.05) is 91.0 Å². The van der Waals surface area contributed by atoms with Crippen molar-refractivity contribution in [2.24, 2.45) is 0 Å². The van der Waals surface area contributed by atoms with Crippen LogP contribution in [0.3, 0.4) is 0 Å². The van der Waals surface area contributed by atoms with Crippen molar-refractivity contribution in [3.05, 3.63) is 113 Å². The summed E-state index contributed by atoms with van der Waals surface area (Å²) in [5.41, 5.74) is 3.18. The van der Waals surface area contributed by atoms with Crippen molar-refractivity contribution in [3.8, 4) is 0 Å². The Hall–Kier alpha value is -2.99. The molecule has 4 rings (SSSR count). The molecule has 160 valence electrons. The van der Waals surface area contributed by atoms with Crippen LogP contribution in [0.1, 0.15) is 16.7 Å². The lowest BCUT2D eigenvalue weighted by Gasteiger charge is -2.23. The summed E-state index contributed by atoms with van der Waals surface area (Å²) in [6.45, 7) is 1.54. The minimum Gasteiger partial charge on any atom is -0.624 e. The molecular weight excluding hydrogens is 390 g/mol. The molecule has 5 heteroatoms. The highest BCUT2D eigenvalue weighted by Gasteiger charge is 2.43. The average Bonchev–Trinajstić information content (AvgIpc) is 3.12. The fraction of sp³-hybridized carbons (Fsp3) is 0.269. The largest absolute Gasteiger partial charge is 0.624 e. The van der Waals surface area contributed by atoms with Crippen LogP contribution in [0.2, 0.25) is 0 Å². The molecule has 1 aliphatic heterocycles. The molecule has 3 atom stereocenters. The van der Waals surface area contributed by atoms with Gasteiger partial charge in [0.25, 0.3) is 0 Å². The van der Waals surface area contributed by atoms with Crippen LogP contribution >= 0.6 is 0 Å². The quantitative estimate of drug-likeness (QED) is 0.364. The Morgan fingerprint density at radius 1 is 0.645 bits per heavy atom. The Bertz CT molecular complexity index is 947. The SMILES string of the molecule is [O-][N+]1=CC(OCc2ccccc2)C(OCc2ccccc2)[C@H]1COCc1ccccc1. The van der Waals surface area contributed by atoms with Crippen LogP contribution in [-0.4, -0.2) is 35.8 Å². The van der Waals surface area contributed by atoms with Crippen LogP contribution < -0.4 is 0 Å². The van der Waals surface area contributed by atoms with Gasteiger partial charge in [0.2, 0.25) is 6.04 Å². The van der Waals surface area contributed by atoms with Gasteiger partial charge in [-0.2, -0.15) is 0 Å². The Kier molecular flexibility index (Phi) is 7.45. The van der Waals surface area contributed by atoms with Crippen molar-refractivity contribution in [1.82, 2.24) is 0 Å². The van der Waals surface area contributed by atoms with Gasteiger partial charge in [-0.1, -0.05) is 91.0 Å². The summed E-state index contributed by atoms with van der Waals surface area (Å²) < 4.78 is 19.1. The Labute approximate surface area is 183 Å². The van der Waals surface area contributed by atoms with Gasteiger partial charge in [0.15, 0.2) is 18.4 Å². The number of benzene rings is 3. The van der Waals surface area contributed by atoms with E-state index < -0.39 is 18.2 Å². The van der Waals surface area contributed by atoms with Gasteiger partial charge in [-0.3, -0.25) is 0 Å². The van der Waals surface area contributed by atoms with Gasteiger partial charge in [0.1, 0.15) is 6.61 Å². The zero-order chi connectivity index (χ0) is 21.3. The van der Waals surface area contributed by atoms with Crippen LogP contribution in [0.5, 0.6) is 0 Å². The number of rotatable bonds is 10. The maximum Gasteiger partial charge on any atom is 0.215 e. The first-order valence-corrected chi connectivity index (χ1v) is 10.5. The fourth-order valence-corrected chi connectivity index (χ4v) is 3.62. The lowest BCUT2D eigenvalue weighted by atomic mass is 10.1. The van der Waals surface area contributed by atoms with E-state index >= 15 is 0 Å². The third-order valence-corrected chi connectivity index (χ3v) is 5.29. The first-order valence-electron chi connectivity index (χ1n) is 10.5. The molecule has 0 radical (unpaired) electrons. The molecule has 0 saturated carbocycles. The zero-order valence-electron chi connectivity index (χ0n) is 17.4. The van der Waals surface area contributed by atoms with Crippen LogP contribution in [0.15, 0.2) is 91.0 Å². The molecule has 31 heavy (non-hydrogen) atoms. The van der Waals surface area contributed by atoms with E-state index in [-0.39, 0.29) is 6.61 Å². The van der Waals surface area contributed by atoms with Gasteiger partial charge < -0.3 is 19.4 Å². The summed E-state index contributed by atoms with van der Waals surface area (Å²) in [6.07, 6.45) is 0.707. The second-order valence-electron chi connectivity index (χ2n) is 7.60. The molecule has 0 bridgehead atoms. The van der Waals surface area contributed by atoms with Crippen LogP contribution in [0.25, 0.3) is 0 Å². The van der Waals surface area contributed by atoms with Gasteiger partial charge in [0, 0.05) is 0 Å². The minimum absolute atomic E-state index is 0.263. The summed E-state index contributed by atoms with van der Waals surface area (Å²) in [7, 11) is 0. The van der Waals surface area contributed by atoms with E-state index in [1.54, 1.807) is 6.21 Å². The second kappa shape index (κ2) is 10.9. The standard InChI is InChI=1S/C26H27NO4/c28-27-16-25(30-18-22-12-6-2-7-13-22)26(31-19-23-14-8-3-9-15-23)24(27)20-29-17-21-10-4-1-5-11-21/h1-16,24-26H,17-20H2/t24-,25?,26?/m1/s1. The predicted octanol–water partition coefficient (Wildman–Crippen LogP) is 4.34. The van der Waals surface area contributed by atoms with Gasteiger partial charge in [-0.05, 0) is 16.7 Å². The van der Waals surface area contributed by atoms with Gasteiger partial charge in [-0.25, -0.2) is 4.74 Å². The molecular formula is C26H27NO4. The smallest absolute Gasteiger partial charge is 0.215 e. The molecule has 0 aliphatic carbocycles. The molecule has 3 aromatic rings. The highest BCUT2D eigenvalue weighted by atomic mass is 16.6. The van der Waals surface area contributed by atoms with E-state index in [0.717, 1.165) is 21.4 Å². The highest BCUT2D eigenvalue weighted by molar-refractivity contribution is 5.61. The normalized spacial score (nSPS) is 20.5. The van der Waals surface area contributed by atoms with Gasteiger partial charge in [0.05, 0.1) is 19.8 Å². The molecule has 0 aromatic heterocycles. The Morgan fingerprint density at radius 3 is 1.68 bits per heavy atom. The molecule has 0 saturated heterocycles. The first kappa shape index (κ1) is 21.2. The monoisotopic (exact) mass is 417 g/mol. The molecule has 0 amide bonds. The van der Waals surface area contributed by atoms with E-state index in [4.69, 9.17) is 14.2 Å². The van der Waals surface area contributed by atoms with E-state index in [0.29, 0.717) is 19.8 Å². The minimum atomic E-state index is -0.465. The lowest BCUT2D eigenvalue weighted by molar-refractivity contribution is -0.504. The summed E-state index contributed by atoms with van der Waals surface area (Å²) >= 11 is 0. The van der Waals surface area contributed by atoms with Crippen LogP contribution in [0, 0.1) is 5.21 Å². The summed E-state index contributed by atoms with van der Waals surface area (Å²) in [6, 6.07) is 29.3. The fourth-order valence-electron chi connectivity index (χ4n) is 3.62. The highest BCUT2D eigenvalue weighted by Crippen LogP contribution is 2.21. The van der Waals surface area contributed by atoms with Crippen molar-refractivity contribution in [2.75, 3.05) is 6.61 Å². The topological polar surface area (TPSA) is 53.8 Å². The van der Waals surface area contributed by atoms with E-state index in [1.165, 1.54) is 0 Å². The molecule has 5 nitrogen and oxygen atoms in total. The molecule has 0 fully saturated rings. The summed E-state index contributed by atoms with van der Waals surface area (Å²) in [4.78, 5) is 0. The third kappa shape index (κ3) is 6.01. The Morgan fingerprint density at radius 2 is 1.13 bits per heavy atom. The van der Waals surface area contributed by atoms with E-state index in [9.17, 15) is 5.21 Å². The van der Waals surface area contributed by atoms with Crippen molar-refractivity contribution in [3.63, 3.8) is 0 Å². The number of hydroxylamine groups is 1. The lowest BCUT2D eigenvalue weighted by Crippen LogP contribution is -2.41. The third-order valence-electron chi connectivity index (χ3n) is 5.29.